The zero-order valence-electron chi connectivity index (χ0n) is 10.3. The van der Waals surface area contributed by atoms with E-state index in [9.17, 15) is 12.9 Å². The fourth-order valence-electron chi connectivity index (χ4n) is 2.67. The molecule has 0 spiro atoms. The molecule has 0 unspecified atom stereocenters. The molecule has 2 rings (SSSR count). The molecule has 0 aromatic carbocycles. The predicted molar refractivity (Wildman–Crippen MR) is 63.9 cm³/mol. The van der Waals surface area contributed by atoms with Crippen LogP contribution in [0.15, 0.2) is 0 Å². The van der Waals surface area contributed by atoms with Crippen LogP contribution in [-0.4, -0.2) is 19.8 Å². The van der Waals surface area contributed by atoms with Gasteiger partial charge in [0.1, 0.15) is 0 Å². The van der Waals surface area contributed by atoms with Crippen molar-refractivity contribution >= 4 is 7.54 Å². The average Bonchev–Trinajstić information content (AvgIpc) is 2.31. The molecule has 0 atom stereocenters. The van der Waals surface area contributed by atoms with Crippen LogP contribution in [0.1, 0.15) is 64.2 Å². The highest BCUT2D eigenvalue weighted by atomic mass is 19.4. The molecule has 0 aromatic heterocycles. The summed E-state index contributed by atoms with van der Waals surface area (Å²) >= 11 is 0. The van der Waals surface area contributed by atoms with Crippen LogP contribution in [0.4, 0.5) is 12.9 Å². The van der Waals surface area contributed by atoms with Crippen LogP contribution in [0.5, 0.6) is 0 Å². The maximum absolute atomic E-state index is 9.67. The largest absolute Gasteiger partial charge is 0.762 e. The van der Waals surface area contributed by atoms with Gasteiger partial charge in [0.25, 0.3) is 0 Å². The number of rotatable bonds is 2. The lowest BCUT2D eigenvalue weighted by atomic mass is 9.95. The first-order chi connectivity index (χ1) is 8.18. The van der Waals surface area contributed by atoms with Crippen molar-refractivity contribution in [2.24, 2.45) is 0 Å². The molecular weight excluding hydrogens is 228 g/mol. The minimum absolute atomic E-state index is 0.622. The predicted octanol–water partition coefficient (Wildman–Crippen LogP) is 4.55. The van der Waals surface area contributed by atoms with Gasteiger partial charge in [0.05, 0.1) is 12.2 Å². The summed E-state index contributed by atoms with van der Waals surface area (Å²) < 4.78 is 35.1. The van der Waals surface area contributed by atoms with Gasteiger partial charge in [-0.1, -0.05) is 38.5 Å². The highest BCUT2D eigenvalue weighted by Crippen LogP contribution is 2.26. The lowest BCUT2D eigenvalue weighted by Gasteiger charge is -2.29. The van der Waals surface area contributed by atoms with E-state index in [0.29, 0.717) is 12.2 Å². The van der Waals surface area contributed by atoms with Crippen LogP contribution >= 0.6 is 0 Å². The van der Waals surface area contributed by atoms with Crippen molar-refractivity contribution in [2.45, 2.75) is 76.4 Å². The van der Waals surface area contributed by atoms with Gasteiger partial charge < -0.3 is 4.74 Å². The van der Waals surface area contributed by atoms with E-state index in [1.807, 2.05) is 0 Å². The number of halogens is 3. The van der Waals surface area contributed by atoms with Crippen LogP contribution in [0.25, 0.3) is 0 Å². The van der Waals surface area contributed by atoms with E-state index in [-0.39, 0.29) is 0 Å². The van der Waals surface area contributed by atoms with E-state index in [0.717, 1.165) is 0 Å². The third kappa shape index (κ3) is 7.69. The van der Waals surface area contributed by atoms with Gasteiger partial charge in [0.2, 0.25) is 0 Å². The molecule has 17 heavy (non-hydrogen) atoms. The summed E-state index contributed by atoms with van der Waals surface area (Å²) in [6.07, 6.45) is 15.0. The summed E-state index contributed by atoms with van der Waals surface area (Å²) in [4.78, 5) is 0. The Morgan fingerprint density at radius 1 is 0.647 bits per heavy atom. The van der Waals surface area contributed by atoms with E-state index in [1.54, 1.807) is 0 Å². The maximum atomic E-state index is 9.67. The second-order valence-corrected chi connectivity index (χ2v) is 4.90. The molecule has 0 amide bonds. The summed E-state index contributed by atoms with van der Waals surface area (Å²) in [5.41, 5.74) is 0. The van der Waals surface area contributed by atoms with Gasteiger partial charge in [-0.05, 0) is 25.7 Å². The van der Waals surface area contributed by atoms with Crippen LogP contribution < -0.4 is 0 Å². The minimum Gasteiger partial charge on any atom is -0.375 e. The Morgan fingerprint density at radius 2 is 0.941 bits per heavy atom. The lowest BCUT2D eigenvalue weighted by molar-refractivity contribution is -0.0450. The standard InChI is InChI=1S/C12H22O.BF3/c1-3-7-11(8-4-1)13-12-9-5-2-6-10-12;2-1(3)4/h11-12H,1-10H2;. The van der Waals surface area contributed by atoms with Crippen molar-refractivity contribution in [3.8, 4) is 0 Å². The lowest BCUT2D eigenvalue weighted by Crippen LogP contribution is -2.25. The summed E-state index contributed by atoms with van der Waals surface area (Å²) in [7, 11) is -3.67. The first-order valence-electron chi connectivity index (χ1n) is 6.76. The highest BCUT2D eigenvalue weighted by molar-refractivity contribution is 6.33. The molecule has 5 heteroatoms. The Labute approximate surface area is 102 Å². The van der Waals surface area contributed by atoms with Crippen molar-refractivity contribution < 1.29 is 17.7 Å². The molecule has 2 saturated carbocycles. The van der Waals surface area contributed by atoms with Crippen molar-refractivity contribution in [1.82, 2.24) is 0 Å². The van der Waals surface area contributed by atoms with Crippen molar-refractivity contribution in [2.75, 3.05) is 0 Å². The Balaban J connectivity index is 0.000000317. The van der Waals surface area contributed by atoms with Crippen LogP contribution in [0.2, 0.25) is 0 Å². The molecule has 100 valence electrons. The molecule has 0 heterocycles. The molecule has 0 radical (unpaired) electrons. The molecule has 2 fully saturated rings. The van der Waals surface area contributed by atoms with Crippen molar-refractivity contribution in [3.05, 3.63) is 0 Å². The number of ether oxygens (including phenoxy) is 1. The molecule has 0 aromatic rings. The molecule has 0 N–H and O–H groups in total. The summed E-state index contributed by atoms with van der Waals surface area (Å²) in [6.45, 7) is 0. The zero-order chi connectivity index (χ0) is 12.5. The molecule has 0 aliphatic heterocycles. The van der Waals surface area contributed by atoms with Crippen LogP contribution in [0, 0.1) is 0 Å². The Bertz CT molecular complexity index is 162. The smallest absolute Gasteiger partial charge is 0.375 e. The number of hydrogen-bond acceptors (Lipinski definition) is 1. The number of hydrogen-bond donors (Lipinski definition) is 0. The normalized spacial score (nSPS) is 22.8. The van der Waals surface area contributed by atoms with E-state index < -0.39 is 7.54 Å². The van der Waals surface area contributed by atoms with Gasteiger partial charge in [-0.25, -0.2) is 0 Å². The molecule has 0 bridgehead atoms. The van der Waals surface area contributed by atoms with E-state index >= 15 is 0 Å². The topological polar surface area (TPSA) is 9.23 Å². The Kier molecular flexibility index (Phi) is 7.74. The SMILES string of the molecule is C1CCC(OC2CCCCC2)CC1.FB(F)F. The van der Waals surface area contributed by atoms with E-state index in [4.69, 9.17) is 4.74 Å². The molecular formula is C12H22BF3O. The Hall–Kier alpha value is -0.185. The van der Waals surface area contributed by atoms with Gasteiger partial charge in [0, 0.05) is 0 Å². The van der Waals surface area contributed by atoms with Crippen LogP contribution in [0.3, 0.4) is 0 Å². The molecule has 2 aliphatic rings. The molecule has 2 aliphatic carbocycles. The Morgan fingerprint density at radius 3 is 1.24 bits per heavy atom. The quantitative estimate of drug-likeness (QED) is 0.653. The van der Waals surface area contributed by atoms with Gasteiger partial charge in [-0.15, -0.1) is 0 Å². The summed E-state index contributed by atoms with van der Waals surface area (Å²) in [5.74, 6) is 0. The highest BCUT2D eigenvalue weighted by Gasteiger charge is 2.20. The fourth-order valence-corrected chi connectivity index (χ4v) is 2.67. The van der Waals surface area contributed by atoms with Crippen LogP contribution in [-0.2, 0) is 4.74 Å². The summed E-state index contributed by atoms with van der Waals surface area (Å²) in [5, 5.41) is 0. The maximum Gasteiger partial charge on any atom is 0.762 e. The fraction of sp³-hybridized carbons (Fsp3) is 1.00. The molecule has 0 saturated heterocycles. The van der Waals surface area contributed by atoms with Crippen molar-refractivity contribution in [1.29, 1.82) is 0 Å². The second-order valence-electron chi connectivity index (χ2n) is 4.90. The first-order valence-corrected chi connectivity index (χ1v) is 6.76. The average molecular weight is 250 g/mol. The van der Waals surface area contributed by atoms with E-state index in [1.165, 1.54) is 64.2 Å². The minimum atomic E-state index is -3.67. The summed E-state index contributed by atoms with van der Waals surface area (Å²) in [6, 6.07) is 0. The van der Waals surface area contributed by atoms with Gasteiger partial charge in [-0.2, -0.15) is 0 Å². The second kappa shape index (κ2) is 8.84. The van der Waals surface area contributed by atoms with Gasteiger partial charge in [-0.3, -0.25) is 12.9 Å². The van der Waals surface area contributed by atoms with Gasteiger partial charge >= 0.3 is 7.54 Å². The first kappa shape index (κ1) is 14.9. The molecule has 1 nitrogen and oxygen atoms in total. The monoisotopic (exact) mass is 250 g/mol. The zero-order valence-corrected chi connectivity index (χ0v) is 10.3. The van der Waals surface area contributed by atoms with E-state index in [2.05, 4.69) is 0 Å². The van der Waals surface area contributed by atoms with Crippen molar-refractivity contribution in [3.63, 3.8) is 0 Å². The third-order valence-corrected chi connectivity index (χ3v) is 3.49. The third-order valence-electron chi connectivity index (χ3n) is 3.49. The van der Waals surface area contributed by atoms with Gasteiger partial charge in [0.15, 0.2) is 0 Å².